The van der Waals surface area contributed by atoms with Crippen LogP contribution in [0.5, 0.6) is 5.75 Å². The van der Waals surface area contributed by atoms with E-state index in [4.69, 9.17) is 4.74 Å². The number of carboxylic acids is 1. The topological polar surface area (TPSA) is 74.9 Å². The van der Waals surface area contributed by atoms with E-state index in [0.29, 0.717) is 30.5 Å². The van der Waals surface area contributed by atoms with Gasteiger partial charge in [-0.05, 0) is 73.6 Å². The zero-order chi connectivity index (χ0) is 25.5. The minimum Gasteiger partial charge on any atom is -0.497 e. The molecular weight excluding hydrogens is 484 g/mol. The molecule has 3 heterocycles. The second-order valence-electron chi connectivity index (χ2n) is 11.9. The highest BCUT2D eigenvalue weighted by atomic mass is 32.2. The Morgan fingerprint density at radius 3 is 2.57 bits per heavy atom. The first-order valence-corrected chi connectivity index (χ1v) is 14.3. The van der Waals surface area contributed by atoms with Crippen molar-refractivity contribution in [3.05, 3.63) is 53.1 Å². The van der Waals surface area contributed by atoms with E-state index < -0.39 is 11.6 Å². The van der Waals surface area contributed by atoms with Crippen molar-refractivity contribution in [3.63, 3.8) is 0 Å². The van der Waals surface area contributed by atoms with Crippen molar-refractivity contribution in [2.75, 3.05) is 20.2 Å². The quantitative estimate of drug-likeness (QED) is 0.403. The molecule has 2 atom stereocenters. The number of aliphatic hydroxyl groups is 1. The Labute approximate surface area is 221 Å². The molecule has 2 aliphatic carbocycles. The number of aromatic carboxylic acids is 1. The van der Waals surface area contributed by atoms with Crippen molar-refractivity contribution in [2.24, 2.45) is 0 Å². The molecule has 0 bridgehead atoms. The van der Waals surface area contributed by atoms with Crippen LogP contribution in [0.2, 0.25) is 0 Å². The molecule has 3 aromatic rings. The molecule has 37 heavy (non-hydrogen) atoms. The number of fused-ring (bicyclic) bond motifs is 7. The van der Waals surface area contributed by atoms with Gasteiger partial charge in [0.2, 0.25) is 0 Å². The van der Waals surface area contributed by atoms with E-state index in [0.717, 1.165) is 24.2 Å². The maximum absolute atomic E-state index is 12.0. The standard InChI is InChI=1S/C30H34N2O4S/c1-29(35)15-31(16-29)37-30-14-24(30)23-13-20(36-2)9-11-21(23)27-26(18-6-4-3-5-7-18)22-10-8-19(28(33)34)12-25(22)32(27)17-30/h8-13,18,24,35H,3-7,14-17H2,1-2H3,(H,33,34). The van der Waals surface area contributed by atoms with Crippen LogP contribution >= 0.6 is 11.9 Å². The average molecular weight is 519 g/mol. The molecule has 2 saturated carbocycles. The van der Waals surface area contributed by atoms with E-state index in [2.05, 4.69) is 33.1 Å². The minimum atomic E-state index is -0.883. The summed E-state index contributed by atoms with van der Waals surface area (Å²) < 4.78 is 10.4. The van der Waals surface area contributed by atoms with Crippen LogP contribution in [0.1, 0.15) is 78.8 Å². The van der Waals surface area contributed by atoms with Crippen molar-refractivity contribution in [2.45, 2.75) is 74.2 Å². The lowest BCUT2D eigenvalue weighted by Gasteiger charge is -2.44. The number of hydrogen-bond donors (Lipinski definition) is 2. The van der Waals surface area contributed by atoms with Gasteiger partial charge < -0.3 is 19.5 Å². The smallest absolute Gasteiger partial charge is 0.335 e. The maximum atomic E-state index is 12.0. The molecule has 0 amide bonds. The van der Waals surface area contributed by atoms with E-state index in [-0.39, 0.29) is 4.75 Å². The zero-order valence-electron chi connectivity index (χ0n) is 21.5. The van der Waals surface area contributed by atoms with Gasteiger partial charge in [0.1, 0.15) is 5.75 Å². The first-order valence-electron chi connectivity index (χ1n) is 13.5. The fourth-order valence-electron chi connectivity index (χ4n) is 7.23. The van der Waals surface area contributed by atoms with E-state index in [1.54, 1.807) is 13.2 Å². The highest BCUT2D eigenvalue weighted by Gasteiger charge is 2.60. The van der Waals surface area contributed by atoms with Crippen LogP contribution in [0.4, 0.5) is 0 Å². The predicted molar refractivity (Wildman–Crippen MR) is 147 cm³/mol. The first kappa shape index (κ1) is 23.6. The molecule has 1 aromatic heterocycles. The van der Waals surface area contributed by atoms with Crippen LogP contribution in [-0.2, 0) is 6.54 Å². The molecule has 2 unspecified atom stereocenters. The third-order valence-corrected chi connectivity index (χ3v) is 10.5. The van der Waals surface area contributed by atoms with E-state index in [9.17, 15) is 15.0 Å². The third-order valence-electron chi connectivity index (χ3n) is 9.05. The van der Waals surface area contributed by atoms with Crippen LogP contribution in [0.25, 0.3) is 22.2 Å². The number of ether oxygens (including phenoxy) is 1. The van der Waals surface area contributed by atoms with Crippen molar-refractivity contribution in [1.29, 1.82) is 0 Å². The van der Waals surface area contributed by atoms with Crippen LogP contribution in [0, 0.1) is 0 Å². The second-order valence-corrected chi connectivity index (χ2v) is 13.4. The summed E-state index contributed by atoms with van der Waals surface area (Å²) in [6.45, 7) is 4.08. The van der Waals surface area contributed by atoms with Crippen LogP contribution < -0.4 is 4.74 Å². The van der Waals surface area contributed by atoms with Crippen molar-refractivity contribution < 1.29 is 19.7 Å². The maximum Gasteiger partial charge on any atom is 0.335 e. The van der Waals surface area contributed by atoms with Gasteiger partial charge in [-0.2, -0.15) is 0 Å². The highest BCUT2D eigenvalue weighted by Crippen LogP contribution is 2.67. The van der Waals surface area contributed by atoms with Crippen molar-refractivity contribution in [3.8, 4) is 17.0 Å². The summed E-state index contributed by atoms with van der Waals surface area (Å²) in [6, 6.07) is 12.3. The lowest BCUT2D eigenvalue weighted by Crippen LogP contribution is -2.57. The summed E-state index contributed by atoms with van der Waals surface area (Å²) in [4.78, 5) is 12.0. The van der Waals surface area contributed by atoms with E-state index in [1.165, 1.54) is 59.9 Å². The molecule has 2 N–H and O–H groups in total. The third kappa shape index (κ3) is 3.73. The Balaban J connectivity index is 1.45. The largest absolute Gasteiger partial charge is 0.497 e. The number of methoxy groups -OCH3 is 1. The highest BCUT2D eigenvalue weighted by molar-refractivity contribution is 7.98. The van der Waals surface area contributed by atoms with Crippen LogP contribution in [0.15, 0.2) is 36.4 Å². The van der Waals surface area contributed by atoms with Gasteiger partial charge in [0.05, 0.1) is 28.7 Å². The van der Waals surface area contributed by atoms with Gasteiger partial charge in [-0.15, -0.1) is 0 Å². The summed E-state index contributed by atoms with van der Waals surface area (Å²) in [5.74, 6) is 0.881. The Bertz CT molecular complexity index is 1410. The SMILES string of the molecule is COc1ccc2c(c1)C1CC1(SN1CC(C)(O)C1)Cn1c-2c(C2CCCCC2)c2ccc(C(=O)O)cc21. The molecular formula is C30H34N2O4S. The lowest BCUT2D eigenvalue weighted by molar-refractivity contribution is -0.0382. The number of rotatable bonds is 5. The predicted octanol–water partition coefficient (Wildman–Crippen LogP) is 6.02. The number of carbonyl (C=O) groups is 1. The van der Waals surface area contributed by atoms with Crippen molar-refractivity contribution >= 4 is 28.8 Å². The summed E-state index contributed by atoms with van der Waals surface area (Å²) in [6.07, 6.45) is 7.22. The molecule has 194 valence electrons. The van der Waals surface area contributed by atoms with Gasteiger partial charge in [0.25, 0.3) is 0 Å². The molecule has 1 saturated heterocycles. The molecule has 3 fully saturated rings. The Hall–Kier alpha value is -2.48. The number of benzene rings is 2. The minimum absolute atomic E-state index is 0.0160. The number of nitrogens with zero attached hydrogens (tertiary/aromatic N) is 2. The normalized spacial score (nSPS) is 26.5. The summed E-state index contributed by atoms with van der Waals surface area (Å²) in [7, 11) is 1.73. The molecule has 7 rings (SSSR count). The molecule has 0 spiro atoms. The monoisotopic (exact) mass is 518 g/mol. The Morgan fingerprint density at radius 1 is 1.08 bits per heavy atom. The fraction of sp³-hybridized carbons (Fsp3) is 0.500. The van der Waals surface area contributed by atoms with Gasteiger partial charge >= 0.3 is 5.97 Å². The van der Waals surface area contributed by atoms with Gasteiger partial charge in [-0.1, -0.05) is 37.3 Å². The molecule has 6 nitrogen and oxygen atoms in total. The number of hydrogen-bond acceptors (Lipinski definition) is 5. The molecule has 2 aliphatic heterocycles. The fourth-order valence-corrected chi connectivity index (χ4v) is 9.11. The zero-order valence-corrected chi connectivity index (χ0v) is 22.3. The van der Waals surface area contributed by atoms with Gasteiger partial charge in [0, 0.05) is 42.0 Å². The molecule has 7 heteroatoms. The summed E-state index contributed by atoms with van der Waals surface area (Å²) in [5.41, 5.74) is 6.08. The Morgan fingerprint density at radius 2 is 1.86 bits per heavy atom. The number of β-amino-alcohol motifs (C(OH)–C–C–N with tert-alkyl or cyclic N) is 1. The molecule has 0 radical (unpaired) electrons. The van der Waals surface area contributed by atoms with Gasteiger partial charge in [-0.3, -0.25) is 0 Å². The summed E-state index contributed by atoms with van der Waals surface area (Å²) >= 11 is 1.90. The molecule has 4 aliphatic rings. The second kappa shape index (κ2) is 8.26. The number of carboxylic acid groups (broad SMARTS) is 1. The average Bonchev–Trinajstić information content (AvgIpc) is 3.50. The van der Waals surface area contributed by atoms with Gasteiger partial charge in [0.15, 0.2) is 0 Å². The van der Waals surface area contributed by atoms with Crippen molar-refractivity contribution in [1.82, 2.24) is 8.87 Å². The molecule has 2 aromatic carbocycles. The first-order chi connectivity index (χ1) is 17.8. The Kier molecular flexibility index (Phi) is 5.27. The number of aromatic nitrogens is 1. The van der Waals surface area contributed by atoms with Crippen LogP contribution in [-0.4, -0.2) is 55.6 Å². The van der Waals surface area contributed by atoms with E-state index >= 15 is 0 Å². The van der Waals surface area contributed by atoms with E-state index in [1.807, 2.05) is 24.9 Å². The van der Waals surface area contributed by atoms with Crippen LogP contribution in [0.3, 0.4) is 0 Å². The summed E-state index contributed by atoms with van der Waals surface area (Å²) in [5, 5.41) is 21.4. The lowest BCUT2D eigenvalue weighted by atomic mass is 9.81. The van der Waals surface area contributed by atoms with Gasteiger partial charge in [-0.25, -0.2) is 9.10 Å².